The van der Waals surface area contributed by atoms with Gasteiger partial charge >= 0.3 is 0 Å². The molecular formula is C13H22ClN5O2. The number of halogens is 1. The minimum atomic E-state index is 0.0555. The van der Waals surface area contributed by atoms with Crippen molar-refractivity contribution in [2.75, 3.05) is 55.8 Å². The Balaban J connectivity index is 2.18. The van der Waals surface area contributed by atoms with Gasteiger partial charge in [0, 0.05) is 26.2 Å². The van der Waals surface area contributed by atoms with Crippen molar-refractivity contribution in [2.45, 2.75) is 19.8 Å². The van der Waals surface area contributed by atoms with Crippen LogP contribution in [0.25, 0.3) is 0 Å². The van der Waals surface area contributed by atoms with Crippen molar-refractivity contribution in [2.24, 2.45) is 0 Å². The van der Waals surface area contributed by atoms with E-state index >= 15 is 0 Å². The lowest BCUT2D eigenvalue weighted by molar-refractivity contribution is 0.122. The highest BCUT2D eigenvalue weighted by Gasteiger charge is 2.18. The van der Waals surface area contributed by atoms with Crippen LogP contribution >= 0.6 is 11.6 Å². The Morgan fingerprint density at radius 1 is 1.24 bits per heavy atom. The molecule has 0 amide bonds. The molecule has 0 aromatic carbocycles. The summed E-state index contributed by atoms with van der Waals surface area (Å²) in [5.74, 6) is 1.10. The fourth-order valence-electron chi connectivity index (χ4n) is 2.16. The van der Waals surface area contributed by atoms with E-state index in [2.05, 4.69) is 21.9 Å². The predicted molar refractivity (Wildman–Crippen MR) is 82.1 cm³/mol. The minimum absolute atomic E-state index is 0.0555. The number of nitrogens with zero attached hydrogens (tertiary/aromatic N) is 5. The van der Waals surface area contributed by atoms with Gasteiger partial charge in [-0.25, -0.2) is 0 Å². The molecule has 21 heavy (non-hydrogen) atoms. The molecule has 0 spiro atoms. The Morgan fingerprint density at radius 3 is 2.67 bits per heavy atom. The van der Waals surface area contributed by atoms with Crippen molar-refractivity contribution in [1.29, 1.82) is 0 Å². The third-order valence-electron chi connectivity index (χ3n) is 3.31. The Morgan fingerprint density at radius 2 is 2.00 bits per heavy atom. The maximum absolute atomic E-state index is 9.21. The zero-order valence-corrected chi connectivity index (χ0v) is 13.1. The van der Waals surface area contributed by atoms with Crippen molar-refractivity contribution < 1.29 is 9.84 Å². The zero-order chi connectivity index (χ0) is 15.1. The summed E-state index contributed by atoms with van der Waals surface area (Å²) in [6.45, 7) is 6.27. The van der Waals surface area contributed by atoms with Crippen LogP contribution in [-0.4, -0.2) is 66.1 Å². The minimum Gasteiger partial charge on any atom is -0.395 e. The fraction of sp³-hybridized carbons (Fsp3) is 0.769. The molecule has 1 saturated heterocycles. The van der Waals surface area contributed by atoms with Gasteiger partial charge < -0.3 is 19.6 Å². The maximum Gasteiger partial charge on any atom is 0.231 e. The molecule has 0 unspecified atom stereocenters. The quantitative estimate of drug-likeness (QED) is 0.803. The molecule has 1 aliphatic rings. The second-order valence-corrected chi connectivity index (χ2v) is 5.21. The monoisotopic (exact) mass is 315 g/mol. The highest BCUT2D eigenvalue weighted by atomic mass is 35.5. The maximum atomic E-state index is 9.21. The van der Waals surface area contributed by atoms with Crippen molar-refractivity contribution in [1.82, 2.24) is 15.0 Å². The smallest absolute Gasteiger partial charge is 0.231 e. The Bertz CT molecular complexity index is 443. The first-order chi connectivity index (χ1) is 10.2. The van der Waals surface area contributed by atoms with Crippen LogP contribution in [0, 0.1) is 0 Å². The lowest BCUT2D eigenvalue weighted by Crippen LogP contribution is -2.38. The van der Waals surface area contributed by atoms with E-state index in [1.807, 2.05) is 9.80 Å². The molecular weight excluding hydrogens is 294 g/mol. The SMILES string of the molecule is CCCCN(CCO)c1nc(Cl)nc(N2CCOCC2)n1. The van der Waals surface area contributed by atoms with Gasteiger partial charge in [0.25, 0.3) is 0 Å². The Kier molecular flexibility index (Phi) is 6.41. The van der Waals surface area contributed by atoms with Crippen LogP contribution in [0.4, 0.5) is 11.9 Å². The van der Waals surface area contributed by atoms with Gasteiger partial charge in [-0.3, -0.25) is 0 Å². The molecule has 0 aliphatic carbocycles. The average Bonchev–Trinajstić information content (AvgIpc) is 2.51. The van der Waals surface area contributed by atoms with Gasteiger partial charge in [0.15, 0.2) is 0 Å². The van der Waals surface area contributed by atoms with Gasteiger partial charge in [0.2, 0.25) is 17.2 Å². The number of ether oxygens (including phenoxy) is 1. The van der Waals surface area contributed by atoms with Crippen LogP contribution in [0.1, 0.15) is 19.8 Å². The number of aromatic nitrogens is 3. The average molecular weight is 316 g/mol. The fourth-order valence-corrected chi connectivity index (χ4v) is 2.31. The van der Waals surface area contributed by atoms with E-state index in [1.54, 1.807) is 0 Å². The van der Waals surface area contributed by atoms with Crippen LogP contribution in [0.5, 0.6) is 0 Å². The molecule has 0 atom stereocenters. The number of hydrogen-bond donors (Lipinski definition) is 1. The normalized spacial score (nSPS) is 15.3. The first-order valence-electron chi connectivity index (χ1n) is 7.34. The van der Waals surface area contributed by atoms with E-state index in [0.29, 0.717) is 31.7 Å². The summed E-state index contributed by atoms with van der Waals surface area (Å²) in [5.41, 5.74) is 0. The summed E-state index contributed by atoms with van der Waals surface area (Å²) >= 11 is 6.04. The van der Waals surface area contributed by atoms with Crippen molar-refractivity contribution >= 4 is 23.5 Å². The van der Waals surface area contributed by atoms with Gasteiger partial charge in [-0.1, -0.05) is 13.3 Å². The molecule has 1 aromatic heterocycles. The van der Waals surface area contributed by atoms with E-state index in [4.69, 9.17) is 16.3 Å². The molecule has 0 saturated carbocycles. The second kappa shape index (κ2) is 8.31. The molecule has 1 aliphatic heterocycles. The highest BCUT2D eigenvalue weighted by Crippen LogP contribution is 2.18. The molecule has 1 fully saturated rings. The number of aliphatic hydroxyl groups is 1. The lowest BCUT2D eigenvalue weighted by Gasteiger charge is -2.28. The van der Waals surface area contributed by atoms with Gasteiger partial charge in [0.1, 0.15) is 0 Å². The van der Waals surface area contributed by atoms with Crippen LogP contribution in [-0.2, 0) is 4.74 Å². The van der Waals surface area contributed by atoms with Crippen LogP contribution in [0.15, 0.2) is 0 Å². The van der Waals surface area contributed by atoms with Crippen molar-refractivity contribution in [3.8, 4) is 0 Å². The summed E-state index contributed by atoms with van der Waals surface area (Å²) in [7, 11) is 0. The van der Waals surface area contributed by atoms with Crippen LogP contribution in [0.3, 0.4) is 0 Å². The first-order valence-corrected chi connectivity index (χ1v) is 7.72. The molecule has 118 valence electrons. The van der Waals surface area contributed by atoms with E-state index in [0.717, 1.165) is 32.5 Å². The van der Waals surface area contributed by atoms with Gasteiger partial charge in [0.05, 0.1) is 19.8 Å². The van der Waals surface area contributed by atoms with E-state index in [9.17, 15) is 5.11 Å². The molecule has 1 aromatic rings. The highest BCUT2D eigenvalue weighted by molar-refractivity contribution is 6.28. The summed E-state index contributed by atoms with van der Waals surface area (Å²) in [6.07, 6.45) is 2.08. The van der Waals surface area contributed by atoms with E-state index < -0.39 is 0 Å². The largest absolute Gasteiger partial charge is 0.395 e. The number of unbranched alkanes of at least 4 members (excludes halogenated alkanes) is 1. The third kappa shape index (κ3) is 4.66. The standard InChI is InChI=1S/C13H22ClN5O2/c1-2-3-4-18(5-8-20)12-15-11(14)16-13(17-12)19-6-9-21-10-7-19/h20H,2-10H2,1H3. The molecule has 0 bridgehead atoms. The number of rotatable bonds is 7. The summed E-state index contributed by atoms with van der Waals surface area (Å²) in [4.78, 5) is 16.9. The molecule has 2 heterocycles. The first kappa shape index (κ1) is 16.2. The van der Waals surface area contributed by atoms with Crippen molar-refractivity contribution in [3.63, 3.8) is 0 Å². The lowest BCUT2D eigenvalue weighted by atomic mass is 10.3. The van der Waals surface area contributed by atoms with Gasteiger partial charge in [-0.2, -0.15) is 15.0 Å². The zero-order valence-electron chi connectivity index (χ0n) is 12.3. The van der Waals surface area contributed by atoms with Crippen LogP contribution < -0.4 is 9.80 Å². The predicted octanol–water partition coefficient (Wildman–Crippen LogP) is 0.960. The molecule has 0 radical (unpaired) electrons. The van der Waals surface area contributed by atoms with Crippen molar-refractivity contribution in [3.05, 3.63) is 5.28 Å². The number of morpholine rings is 1. The molecule has 7 nitrogen and oxygen atoms in total. The summed E-state index contributed by atoms with van der Waals surface area (Å²) < 4.78 is 5.33. The summed E-state index contributed by atoms with van der Waals surface area (Å²) in [6, 6.07) is 0. The van der Waals surface area contributed by atoms with Crippen LogP contribution in [0.2, 0.25) is 5.28 Å². The molecule has 1 N–H and O–H groups in total. The topological polar surface area (TPSA) is 74.6 Å². The second-order valence-electron chi connectivity index (χ2n) is 4.87. The Hall–Kier alpha value is -1.18. The van der Waals surface area contributed by atoms with Gasteiger partial charge in [-0.05, 0) is 18.0 Å². The van der Waals surface area contributed by atoms with E-state index in [1.165, 1.54) is 0 Å². The van der Waals surface area contributed by atoms with E-state index in [-0.39, 0.29) is 11.9 Å². The summed E-state index contributed by atoms with van der Waals surface area (Å²) in [5, 5.41) is 9.39. The number of hydrogen-bond acceptors (Lipinski definition) is 7. The third-order valence-corrected chi connectivity index (χ3v) is 3.48. The molecule has 2 rings (SSSR count). The van der Waals surface area contributed by atoms with Gasteiger partial charge in [-0.15, -0.1) is 0 Å². The number of aliphatic hydroxyl groups excluding tert-OH is 1. The number of anilines is 2. The molecule has 8 heteroatoms. The Labute approximate surface area is 129 Å².